The standard InChI is InChI=1S/C16H20N4O2/c1-21-16-11-22-10-15(16)20-9-14(17-18-20)8-19-6-12-4-2-3-5-13(12)7-19/h2-5,9,15-16H,6-8,10-11H2,1H3/t15-,16-/m1/s1. The smallest absolute Gasteiger partial charge is 0.105 e. The lowest BCUT2D eigenvalue weighted by Gasteiger charge is -2.15. The van der Waals surface area contributed by atoms with Gasteiger partial charge in [0.15, 0.2) is 0 Å². The lowest BCUT2D eigenvalue weighted by Crippen LogP contribution is -2.24. The molecule has 2 aliphatic heterocycles. The monoisotopic (exact) mass is 300 g/mol. The number of rotatable bonds is 4. The molecule has 2 aromatic rings. The molecule has 6 heteroatoms. The first kappa shape index (κ1) is 13.9. The van der Waals surface area contributed by atoms with Crippen molar-refractivity contribution < 1.29 is 9.47 Å². The van der Waals surface area contributed by atoms with E-state index in [1.54, 1.807) is 7.11 Å². The largest absolute Gasteiger partial charge is 0.377 e. The van der Waals surface area contributed by atoms with Crippen LogP contribution in [0.5, 0.6) is 0 Å². The van der Waals surface area contributed by atoms with Gasteiger partial charge in [0.25, 0.3) is 0 Å². The topological polar surface area (TPSA) is 52.4 Å². The SMILES string of the molecule is CO[C@@H]1COC[C@H]1n1cc(CN2Cc3ccccc3C2)nn1. The van der Waals surface area contributed by atoms with Crippen LogP contribution < -0.4 is 0 Å². The van der Waals surface area contributed by atoms with Crippen molar-refractivity contribution in [3.05, 3.63) is 47.3 Å². The molecule has 0 saturated carbocycles. The molecule has 1 aromatic heterocycles. The molecule has 1 saturated heterocycles. The van der Waals surface area contributed by atoms with Gasteiger partial charge >= 0.3 is 0 Å². The van der Waals surface area contributed by atoms with Crippen LogP contribution in [0.15, 0.2) is 30.5 Å². The van der Waals surface area contributed by atoms with E-state index >= 15 is 0 Å². The first-order chi connectivity index (χ1) is 10.8. The number of fused-ring (bicyclic) bond motifs is 1. The third kappa shape index (κ3) is 2.54. The molecule has 6 nitrogen and oxygen atoms in total. The Kier molecular flexibility index (Phi) is 3.65. The van der Waals surface area contributed by atoms with Crippen molar-refractivity contribution in [1.82, 2.24) is 19.9 Å². The molecule has 0 spiro atoms. The maximum Gasteiger partial charge on any atom is 0.105 e. The number of methoxy groups -OCH3 is 1. The van der Waals surface area contributed by atoms with Crippen LogP contribution in [0.3, 0.4) is 0 Å². The van der Waals surface area contributed by atoms with E-state index < -0.39 is 0 Å². The molecule has 116 valence electrons. The Morgan fingerprint density at radius 2 is 2.00 bits per heavy atom. The van der Waals surface area contributed by atoms with E-state index in [1.807, 2.05) is 10.9 Å². The average Bonchev–Trinajstić information content (AvgIpc) is 3.25. The summed E-state index contributed by atoms with van der Waals surface area (Å²) in [5, 5.41) is 8.58. The minimum Gasteiger partial charge on any atom is -0.377 e. The normalized spacial score (nSPS) is 24.8. The number of ether oxygens (including phenoxy) is 2. The van der Waals surface area contributed by atoms with Gasteiger partial charge in [-0.3, -0.25) is 4.90 Å². The lowest BCUT2D eigenvalue weighted by molar-refractivity contribution is 0.0661. The molecule has 0 N–H and O–H groups in total. The van der Waals surface area contributed by atoms with Gasteiger partial charge in [-0.15, -0.1) is 5.10 Å². The van der Waals surface area contributed by atoms with Gasteiger partial charge in [-0.1, -0.05) is 29.5 Å². The number of hydrogen-bond donors (Lipinski definition) is 0. The first-order valence-electron chi connectivity index (χ1n) is 7.64. The highest BCUT2D eigenvalue weighted by atomic mass is 16.5. The van der Waals surface area contributed by atoms with Crippen LogP contribution in [0.4, 0.5) is 0 Å². The van der Waals surface area contributed by atoms with Crippen molar-refractivity contribution >= 4 is 0 Å². The highest BCUT2D eigenvalue weighted by Crippen LogP contribution is 2.24. The number of aromatic nitrogens is 3. The molecule has 22 heavy (non-hydrogen) atoms. The van der Waals surface area contributed by atoms with E-state index in [2.05, 4.69) is 39.5 Å². The highest BCUT2D eigenvalue weighted by Gasteiger charge is 2.31. The summed E-state index contributed by atoms with van der Waals surface area (Å²) >= 11 is 0. The van der Waals surface area contributed by atoms with Gasteiger partial charge in [-0.25, -0.2) is 4.68 Å². The van der Waals surface area contributed by atoms with E-state index in [0.29, 0.717) is 13.2 Å². The first-order valence-corrected chi connectivity index (χ1v) is 7.64. The fraction of sp³-hybridized carbons (Fsp3) is 0.500. The van der Waals surface area contributed by atoms with Crippen LogP contribution in [0, 0.1) is 0 Å². The third-order valence-electron chi connectivity index (χ3n) is 4.49. The van der Waals surface area contributed by atoms with Crippen LogP contribution in [-0.2, 0) is 29.1 Å². The van der Waals surface area contributed by atoms with Crippen LogP contribution >= 0.6 is 0 Å². The summed E-state index contributed by atoms with van der Waals surface area (Å²) in [6.45, 7) is 4.04. The molecule has 3 heterocycles. The second-order valence-corrected chi connectivity index (χ2v) is 5.98. The average molecular weight is 300 g/mol. The number of hydrogen-bond acceptors (Lipinski definition) is 5. The van der Waals surface area contributed by atoms with Crippen molar-refractivity contribution in [1.29, 1.82) is 0 Å². The predicted molar refractivity (Wildman–Crippen MR) is 80.1 cm³/mol. The summed E-state index contributed by atoms with van der Waals surface area (Å²) in [5.74, 6) is 0. The fourth-order valence-electron chi connectivity index (χ4n) is 3.29. The molecule has 0 amide bonds. The van der Waals surface area contributed by atoms with Crippen molar-refractivity contribution in [3.63, 3.8) is 0 Å². The quantitative estimate of drug-likeness (QED) is 0.854. The van der Waals surface area contributed by atoms with Crippen LogP contribution in [-0.4, -0.2) is 46.3 Å². The second-order valence-electron chi connectivity index (χ2n) is 5.98. The van der Waals surface area contributed by atoms with E-state index in [0.717, 1.165) is 25.3 Å². The number of benzene rings is 1. The minimum atomic E-state index is 0.0607. The van der Waals surface area contributed by atoms with Crippen molar-refractivity contribution in [2.75, 3.05) is 20.3 Å². The zero-order chi connectivity index (χ0) is 14.9. The van der Waals surface area contributed by atoms with E-state index in [9.17, 15) is 0 Å². The Morgan fingerprint density at radius 1 is 1.23 bits per heavy atom. The van der Waals surface area contributed by atoms with Crippen molar-refractivity contribution in [2.45, 2.75) is 31.8 Å². The molecule has 1 aromatic carbocycles. The van der Waals surface area contributed by atoms with Gasteiger partial charge in [0.1, 0.15) is 12.1 Å². The van der Waals surface area contributed by atoms with Crippen LogP contribution in [0.1, 0.15) is 22.9 Å². The third-order valence-corrected chi connectivity index (χ3v) is 4.49. The van der Waals surface area contributed by atoms with Gasteiger partial charge in [-0.2, -0.15) is 0 Å². The Morgan fingerprint density at radius 3 is 2.73 bits per heavy atom. The molecule has 2 aliphatic rings. The van der Waals surface area contributed by atoms with Gasteiger partial charge < -0.3 is 9.47 Å². The summed E-state index contributed by atoms with van der Waals surface area (Å²) in [7, 11) is 1.71. The van der Waals surface area contributed by atoms with Crippen LogP contribution in [0.25, 0.3) is 0 Å². The van der Waals surface area contributed by atoms with Gasteiger partial charge in [0.05, 0.1) is 25.1 Å². The fourth-order valence-corrected chi connectivity index (χ4v) is 3.29. The molecular weight excluding hydrogens is 280 g/mol. The zero-order valence-electron chi connectivity index (χ0n) is 12.7. The van der Waals surface area contributed by atoms with E-state index in [4.69, 9.17) is 9.47 Å². The van der Waals surface area contributed by atoms with Gasteiger partial charge in [-0.05, 0) is 11.1 Å². The summed E-state index contributed by atoms with van der Waals surface area (Å²) < 4.78 is 12.8. The zero-order valence-corrected chi connectivity index (χ0v) is 12.7. The van der Waals surface area contributed by atoms with Gasteiger partial charge in [0, 0.05) is 26.7 Å². The molecule has 0 radical (unpaired) electrons. The van der Waals surface area contributed by atoms with Crippen molar-refractivity contribution in [2.24, 2.45) is 0 Å². The second kappa shape index (κ2) is 5.79. The van der Waals surface area contributed by atoms with Gasteiger partial charge in [0.2, 0.25) is 0 Å². The maximum atomic E-state index is 5.48. The van der Waals surface area contributed by atoms with E-state index in [-0.39, 0.29) is 12.1 Å². The Hall–Kier alpha value is -1.76. The molecular formula is C16H20N4O2. The molecule has 1 fully saturated rings. The van der Waals surface area contributed by atoms with Crippen molar-refractivity contribution in [3.8, 4) is 0 Å². The predicted octanol–water partition coefficient (Wildman–Crippen LogP) is 1.38. The minimum absolute atomic E-state index is 0.0607. The molecule has 2 atom stereocenters. The molecule has 0 aliphatic carbocycles. The summed E-state index contributed by atoms with van der Waals surface area (Å²) in [6.07, 6.45) is 2.08. The Labute approximate surface area is 129 Å². The number of nitrogens with zero attached hydrogens (tertiary/aromatic N) is 4. The summed E-state index contributed by atoms with van der Waals surface area (Å²) in [4.78, 5) is 2.39. The molecule has 0 unspecified atom stereocenters. The maximum absolute atomic E-state index is 5.48. The summed E-state index contributed by atoms with van der Waals surface area (Å²) in [6, 6.07) is 8.73. The Balaban J connectivity index is 1.43. The lowest BCUT2D eigenvalue weighted by atomic mass is 10.1. The highest BCUT2D eigenvalue weighted by molar-refractivity contribution is 5.30. The Bertz CT molecular complexity index is 632. The molecule has 0 bridgehead atoms. The summed E-state index contributed by atoms with van der Waals surface area (Å²) in [5.41, 5.74) is 3.83. The van der Waals surface area contributed by atoms with Crippen LogP contribution in [0.2, 0.25) is 0 Å². The van der Waals surface area contributed by atoms with E-state index in [1.165, 1.54) is 11.1 Å². The molecule has 4 rings (SSSR count).